The van der Waals surface area contributed by atoms with Gasteiger partial charge in [0.15, 0.2) is 0 Å². The monoisotopic (exact) mass is 140 g/mol. The summed E-state index contributed by atoms with van der Waals surface area (Å²) in [6.07, 6.45) is 2.88. The van der Waals surface area contributed by atoms with Crippen molar-refractivity contribution in [2.24, 2.45) is 23.7 Å². The molecule has 10 heavy (non-hydrogen) atoms. The fourth-order valence-corrected chi connectivity index (χ4v) is 2.48. The topological polar surface area (TPSA) is 0 Å². The Kier molecular flexibility index (Phi) is 2.38. The Hall–Kier alpha value is 0. The van der Waals surface area contributed by atoms with Gasteiger partial charge in [-0.05, 0) is 30.1 Å². The molecule has 1 aliphatic rings. The third-order valence-corrected chi connectivity index (χ3v) is 3.25. The first-order valence-electron chi connectivity index (χ1n) is 4.66. The standard InChI is InChI=1S/C10H20/c1-5-9-8(4)6-10(9)7(2)3/h7-10H,5-6H2,1-4H3. The molecule has 0 nitrogen and oxygen atoms in total. The first kappa shape index (κ1) is 8.10. The Morgan fingerprint density at radius 2 is 2.00 bits per heavy atom. The first-order chi connectivity index (χ1) is 4.66. The minimum atomic E-state index is 0.918. The van der Waals surface area contributed by atoms with Gasteiger partial charge in [-0.1, -0.05) is 34.1 Å². The van der Waals surface area contributed by atoms with Crippen LogP contribution in [0.4, 0.5) is 0 Å². The molecular formula is C10H20. The molecule has 0 aromatic carbocycles. The smallest absolute Gasteiger partial charge is 0.0358 e. The van der Waals surface area contributed by atoms with E-state index in [9.17, 15) is 0 Å². The molecule has 3 unspecified atom stereocenters. The van der Waals surface area contributed by atoms with Crippen LogP contribution in [0, 0.1) is 23.7 Å². The Balaban J connectivity index is 2.37. The van der Waals surface area contributed by atoms with Gasteiger partial charge in [0, 0.05) is 0 Å². The van der Waals surface area contributed by atoms with E-state index in [0.29, 0.717) is 0 Å². The maximum absolute atomic E-state index is 2.40. The Bertz CT molecular complexity index is 99.9. The molecule has 0 amide bonds. The molecule has 0 heteroatoms. The van der Waals surface area contributed by atoms with Crippen LogP contribution in [-0.2, 0) is 0 Å². The van der Waals surface area contributed by atoms with Crippen LogP contribution in [-0.4, -0.2) is 0 Å². The molecule has 0 aliphatic heterocycles. The highest BCUT2D eigenvalue weighted by atomic mass is 14.4. The molecule has 0 N–H and O–H groups in total. The van der Waals surface area contributed by atoms with Crippen molar-refractivity contribution in [2.45, 2.75) is 40.5 Å². The van der Waals surface area contributed by atoms with E-state index < -0.39 is 0 Å². The lowest BCUT2D eigenvalue weighted by Gasteiger charge is -2.45. The maximum atomic E-state index is 2.40. The summed E-state index contributed by atoms with van der Waals surface area (Å²) in [5.74, 6) is 4.01. The van der Waals surface area contributed by atoms with Gasteiger partial charge in [-0.25, -0.2) is 0 Å². The molecule has 1 saturated carbocycles. The third kappa shape index (κ3) is 1.21. The second kappa shape index (κ2) is 2.94. The van der Waals surface area contributed by atoms with Crippen LogP contribution < -0.4 is 0 Å². The average molecular weight is 140 g/mol. The van der Waals surface area contributed by atoms with Gasteiger partial charge in [0.2, 0.25) is 0 Å². The van der Waals surface area contributed by atoms with Crippen molar-refractivity contribution in [3.8, 4) is 0 Å². The summed E-state index contributed by atoms with van der Waals surface area (Å²) in [4.78, 5) is 0. The van der Waals surface area contributed by atoms with Crippen molar-refractivity contribution in [1.82, 2.24) is 0 Å². The van der Waals surface area contributed by atoms with E-state index >= 15 is 0 Å². The van der Waals surface area contributed by atoms with Crippen molar-refractivity contribution in [1.29, 1.82) is 0 Å². The van der Waals surface area contributed by atoms with Crippen LogP contribution in [0.5, 0.6) is 0 Å². The van der Waals surface area contributed by atoms with E-state index in [-0.39, 0.29) is 0 Å². The average Bonchev–Trinajstić information content (AvgIpc) is 1.83. The summed E-state index contributed by atoms with van der Waals surface area (Å²) >= 11 is 0. The van der Waals surface area contributed by atoms with Gasteiger partial charge in [-0.15, -0.1) is 0 Å². The molecule has 0 spiro atoms. The SMILES string of the molecule is CCC1C(C)CC1C(C)C. The summed E-state index contributed by atoms with van der Waals surface area (Å²) in [5.41, 5.74) is 0. The van der Waals surface area contributed by atoms with Crippen LogP contribution in [0.25, 0.3) is 0 Å². The lowest BCUT2D eigenvalue weighted by molar-refractivity contribution is 0.0439. The minimum absolute atomic E-state index is 0.918. The molecule has 1 aliphatic carbocycles. The second-order valence-electron chi connectivity index (χ2n) is 4.19. The highest BCUT2D eigenvalue weighted by Gasteiger charge is 2.37. The van der Waals surface area contributed by atoms with E-state index in [2.05, 4.69) is 27.7 Å². The Morgan fingerprint density at radius 1 is 1.40 bits per heavy atom. The quantitative estimate of drug-likeness (QED) is 0.552. The van der Waals surface area contributed by atoms with E-state index in [1.165, 1.54) is 12.8 Å². The summed E-state index contributed by atoms with van der Waals surface area (Å²) in [7, 11) is 0. The molecule has 1 fully saturated rings. The van der Waals surface area contributed by atoms with Crippen LogP contribution in [0.2, 0.25) is 0 Å². The van der Waals surface area contributed by atoms with E-state index in [1.54, 1.807) is 0 Å². The van der Waals surface area contributed by atoms with E-state index in [1.807, 2.05) is 0 Å². The Labute approximate surface area is 65.0 Å². The lowest BCUT2D eigenvalue weighted by Crippen LogP contribution is -2.37. The van der Waals surface area contributed by atoms with Crippen molar-refractivity contribution in [3.05, 3.63) is 0 Å². The highest BCUT2D eigenvalue weighted by Crippen LogP contribution is 2.45. The van der Waals surface area contributed by atoms with Gasteiger partial charge in [-0.2, -0.15) is 0 Å². The summed E-state index contributed by atoms with van der Waals surface area (Å²) in [6.45, 7) is 9.45. The van der Waals surface area contributed by atoms with Gasteiger partial charge >= 0.3 is 0 Å². The molecule has 3 atom stereocenters. The fraction of sp³-hybridized carbons (Fsp3) is 1.00. The van der Waals surface area contributed by atoms with Gasteiger partial charge in [0.25, 0.3) is 0 Å². The van der Waals surface area contributed by atoms with Crippen molar-refractivity contribution >= 4 is 0 Å². The summed E-state index contributed by atoms with van der Waals surface area (Å²) in [6, 6.07) is 0. The third-order valence-electron chi connectivity index (χ3n) is 3.25. The zero-order valence-electron chi connectivity index (χ0n) is 7.72. The van der Waals surface area contributed by atoms with Gasteiger partial charge < -0.3 is 0 Å². The van der Waals surface area contributed by atoms with Crippen LogP contribution in [0.1, 0.15) is 40.5 Å². The van der Waals surface area contributed by atoms with E-state index in [0.717, 1.165) is 23.7 Å². The Morgan fingerprint density at radius 3 is 2.20 bits per heavy atom. The molecule has 1 rings (SSSR count). The van der Waals surface area contributed by atoms with Gasteiger partial charge in [-0.3, -0.25) is 0 Å². The second-order valence-corrected chi connectivity index (χ2v) is 4.19. The summed E-state index contributed by atoms with van der Waals surface area (Å²) in [5, 5.41) is 0. The van der Waals surface area contributed by atoms with Gasteiger partial charge in [0.1, 0.15) is 0 Å². The zero-order chi connectivity index (χ0) is 7.72. The van der Waals surface area contributed by atoms with Crippen LogP contribution in [0.15, 0.2) is 0 Å². The van der Waals surface area contributed by atoms with Gasteiger partial charge in [0.05, 0.1) is 0 Å². The zero-order valence-corrected chi connectivity index (χ0v) is 7.72. The highest BCUT2D eigenvalue weighted by molar-refractivity contribution is 4.87. The molecule has 60 valence electrons. The molecule has 0 bridgehead atoms. The number of rotatable bonds is 2. The van der Waals surface area contributed by atoms with Crippen molar-refractivity contribution in [2.75, 3.05) is 0 Å². The molecule has 0 aromatic heterocycles. The predicted molar refractivity (Wildman–Crippen MR) is 45.9 cm³/mol. The largest absolute Gasteiger partial charge is 0.0651 e. The molecule has 0 saturated heterocycles. The normalized spacial score (nSPS) is 39.9. The minimum Gasteiger partial charge on any atom is -0.0651 e. The van der Waals surface area contributed by atoms with E-state index in [4.69, 9.17) is 0 Å². The first-order valence-corrected chi connectivity index (χ1v) is 4.66. The van der Waals surface area contributed by atoms with Crippen molar-refractivity contribution < 1.29 is 0 Å². The number of hydrogen-bond acceptors (Lipinski definition) is 0. The summed E-state index contributed by atoms with van der Waals surface area (Å²) < 4.78 is 0. The van der Waals surface area contributed by atoms with Crippen LogP contribution in [0.3, 0.4) is 0 Å². The molecular weight excluding hydrogens is 120 g/mol. The number of hydrogen-bond donors (Lipinski definition) is 0. The fourth-order valence-electron chi connectivity index (χ4n) is 2.48. The predicted octanol–water partition coefficient (Wildman–Crippen LogP) is 3.32. The lowest BCUT2D eigenvalue weighted by atomic mass is 9.60. The van der Waals surface area contributed by atoms with Crippen molar-refractivity contribution in [3.63, 3.8) is 0 Å². The van der Waals surface area contributed by atoms with Crippen LogP contribution >= 0.6 is 0 Å². The molecule has 0 heterocycles. The maximum Gasteiger partial charge on any atom is -0.0358 e. The molecule has 0 radical (unpaired) electrons. The molecule has 0 aromatic rings.